The molecule has 2 rings (SSSR count). The third-order valence-corrected chi connectivity index (χ3v) is 3.61. The summed E-state index contributed by atoms with van der Waals surface area (Å²) >= 11 is 0. The second kappa shape index (κ2) is 6.14. The zero-order valence-electron chi connectivity index (χ0n) is 11.1. The highest BCUT2D eigenvalue weighted by Crippen LogP contribution is 2.10. The van der Waals surface area contributed by atoms with Crippen molar-refractivity contribution in [3.05, 3.63) is 35.9 Å². The molecule has 0 radical (unpaired) electrons. The molecular weight excluding hydrogens is 242 g/mol. The van der Waals surface area contributed by atoms with Gasteiger partial charge in [0.05, 0.1) is 18.2 Å². The van der Waals surface area contributed by atoms with E-state index in [1.165, 1.54) is 0 Å². The summed E-state index contributed by atoms with van der Waals surface area (Å²) in [6.45, 7) is 1.14. The van der Waals surface area contributed by atoms with Gasteiger partial charge in [0.2, 0.25) is 5.91 Å². The zero-order valence-corrected chi connectivity index (χ0v) is 11.1. The van der Waals surface area contributed by atoms with E-state index in [0.29, 0.717) is 19.5 Å². The largest absolute Gasteiger partial charge is 0.390 e. The molecule has 1 amide bonds. The molecule has 0 bridgehead atoms. The Kier molecular flexibility index (Phi) is 4.52. The van der Waals surface area contributed by atoms with E-state index >= 15 is 0 Å². The maximum Gasteiger partial charge on any atom is 0.239 e. The van der Waals surface area contributed by atoms with Crippen molar-refractivity contribution in [2.24, 2.45) is 5.73 Å². The molecule has 104 valence electrons. The van der Waals surface area contributed by atoms with E-state index in [-0.39, 0.29) is 11.9 Å². The van der Waals surface area contributed by atoms with Crippen LogP contribution in [0.25, 0.3) is 0 Å². The van der Waals surface area contributed by atoms with Crippen LogP contribution in [0.5, 0.6) is 0 Å². The van der Waals surface area contributed by atoms with Crippen LogP contribution >= 0.6 is 0 Å². The molecule has 0 aliphatic carbocycles. The van der Waals surface area contributed by atoms with E-state index in [9.17, 15) is 9.90 Å². The average molecular weight is 263 g/mol. The first-order valence-electron chi connectivity index (χ1n) is 6.54. The summed E-state index contributed by atoms with van der Waals surface area (Å²) in [4.78, 5) is 13.8. The first-order chi connectivity index (χ1) is 9.09. The smallest absolute Gasteiger partial charge is 0.239 e. The van der Waals surface area contributed by atoms with Crippen LogP contribution in [-0.2, 0) is 11.2 Å². The molecule has 0 aromatic heterocycles. The first kappa shape index (κ1) is 14.0. The molecule has 1 fully saturated rings. The van der Waals surface area contributed by atoms with E-state index < -0.39 is 12.1 Å². The maximum absolute atomic E-state index is 12.2. The van der Waals surface area contributed by atoms with Crippen molar-refractivity contribution in [2.45, 2.75) is 24.6 Å². The van der Waals surface area contributed by atoms with Crippen LogP contribution in [0.4, 0.5) is 0 Å². The molecule has 1 aromatic carbocycles. The fourth-order valence-corrected chi connectivity index (χ4v) is 2.43. The molecule has 5 nitrogen and oxygen atoms in total. The van der Waals surface area contributed by atoms with Crippen molar-refractivity contribution in [2.75, 3.05) is 20.1 Å². The molecule has 1 aromatic rings. The number of carbonyl (C=O) groups excluding carboxylic acids is 1. The fraction of sp³-hybridized carbons (Fsp3) is 0.500. The monoisotopic (exact) mass is 263 g/mol. The quantitative estimate of drug-likeness (QED) is 0.674. The Hall–Kier alpha value is -1.43. The lowest BCUT2D eigenvalue weighted by Crippen LogP contribution is -2.51. The molecule has 1 aliphatic rings. The second-order valence-electron chi connectivity index (χ2n) is 5.04. The molecule has 1 aliphatic heterocycles. The van der Waals surface area contributed by atoms with E-state index in [0.717, 1.165) is 5.56 Å². The van der Waals surface area contributed by atoms with Crippen LogP contribution < -0.4 is 11.1 Å². The van der Waals surface area contributed by atoms with Gasteiger partial charge in [0.25, 0.3) is 0 Å². The van der Waals surface area contributed by atoms with Crippen LogP contribution in [0.15, 0.2) is 30.3 Å². The third kappa shape index (κ3) is 3.32. The minimum absolute atomic E-state index is 0.128. The summed E-state index contributed by atoms with van der Waals surface area (Å²) in [7, 11) is 1.70. The van der Waals surface area contributed by atoms with Crippen LogP contribution in [0, 0.1) is 0 Å². The molecule has 1 saturated heterocycles. The highest BCUT2D eigenvalue weighted by atomic mass is 16.3. The number of amides is 1. The Morgan fingerprint density at radius 1 is 1.47 bits per heavy atom. The van der Waals surface area contributed by atoms with Gasteiger partial charge in [0, 0.05) is 20.1 Å². The SMILES string of the molecule is CN(C(=O)C(N)Cc1ccccc1)[C@@H]1CNC[C@H]1O. The third-order valence-electron chi connectivity index (χ3n) is 3.61. The zero-order chi connectivity index (χ0) is 13.8. The van der Waals surface area contributed by atoms with Crippen molar-refractivity contribution in [3.63, 3.8) is 0 Å². The second-order valence-corrected chi connectivity index (χ2v) is 5.04. The van der Waals surface area contributed by atoms with Crippen LogP contribution in [0.3, 0.4) is 0 Å². The van der Waals surface area contributed by atoms with Gasteiger partial charge in [0.1, 0.15) is 0 Å². The minimum atomic E-state index is -0.569. The number of nitrogens with zero attached hydrogens (tertiary/aromatic N) is 1. The van der Waals surface area contributed by atoms with E-state index in [4.69, 9.17) is 5.73 Å². The first-order valence-corrected chi connectivity index (χ1v) is 6.54. The van der Waals surface area contributed by atoms with Gasteiger partial charge in [-0.2, -0.15) is 0 Å². The van der Waals surface area contributed by atoms with Gasteiger partial charge < -0.3 is 21.1 Å². The van der Waals surface area contributed by atoms with E-state index in [1.54, 1.807) is 11.9 Å². The van der Waals surface area contributed by atoms with Gasteiger partial charge in [-0.1, -0.05) is 30.3 Å². The van der Waals surface area contributed by atoms with Gasteiger partial charge in [-0.25, -0.2) is 0 Å². The Morgan fingerprint density at radius 2 is 2.16 bits per heavy atom. The van der Waals surface area contributed by atoms with E-state index in [2.05, 4.69) is 5.32 Å². The topological polar surface area (TPSA) is 78.6 Å². The number of nitrogens with one attached hydrogen (secondary N) is 1. The van der Waals surface area contributed by atoms with Crippen molar-refractivity contribution >= 4 is 5.91 Å². The van der Waals surface area contributed by atoms with Crippen molar-refractivity contribution in [1.82, 2.24) is 10.2 Å². The standard InChI is InChI=1S/C14H21N3O2/c1-17(12-8-16-9-13(12)18)14(19)11(15)7-10-5-3-2-4-6-10/h2-6,11-13,16,18H,7-9,15H2,1H3/t11?,12-,13-/m1/s1. The summed E-state index contributed by atoms with van der Waals surface area (Å²) in [5, 5.41) is 12.8. The van der Waals surface area contributed by atoms with E-state index in [1.807, 2.05) is 30.3 Å². The number of aliphatic hydroxyl groups is 1. The molecular formula is C14H21N3O2. The molecule has 5 heteroatoms. The Balaban J connectivity index is 1.95. The lowest BCUT2D eigenvalue weighted by atomic mass is 10.0. The van der Waals surface area contributed by atoms with Crippen LogP contribution in [-0.4, -0.2) is 54.2 Å². The Morgan fingerprint density at radius 3 is 2.74 bits per heavy atom. The van der Waals surface area contributed by atoms with Crippen LogP contribution in [0.1, 0.15) is 5.56 Å². The number of benzene rings is 1. The molecule has 0 spiro atoms. The summed E-state index contributed by atoms with van der Waals surface area (Å²) < 4.78 is 0. The number of aliphatic hydroxyl groups excluding tert-OH is 1. The number of likely N-dealkylation sites (N-methyl/N-ethyl adjacent to an activating group) is 1. The van der Waals surface area contributed by atoms with Crippen molar-refractivity contribution < 1.29 is 9.90 Å². The summed E-state index contributed by atoms with van der Waals surface area (Å²) in [6.07, 6.45) is -0.00171. The van der Waals surface area contributed by atoms with Crippen molar-refractivity contribution in [3.8, 4) is 0 Å². The normalized spacial score (nSPS) is 24.2. The Bertz CT molecular complexity index is 424. The molecule has 3 atom stereocenters. The van der Waals surface area contributed by atoms with Gasteiger partial charge in [-0.05, 0) is 12.0 Å². The fourth-order valence-electron chi connectivity index (χ4n) is 2.43. The highest BCUT2D eigenvalue weighted by Gasteiger charge is 2.32. The molecule has 1 unspecified atom stereocenters. The average Bonchev–Trinajstić information content (AvgIpc) is 2.84. The van der Waals surface area contributed by atoms with Gasteiger partial charge >= 0.3 is 0 Å². The van der Waals surface area contributed by atoms with Crippen molar-refractivity contribution in [1.29, 1.82) is 0 Å². The van der Waals surface area contributed by atoms with Gasteiger partial charge in [-0.3, -0.25) is 4.79 Å². The number of carbonyl (C=O) groups is 1. The summed E-state index contributed by atoms with van der Waals surface area (Å²) in [5.41, 5.74) is 7.01. The summed E-state index contributed by atoms with van der Waals surface area (Å²) in [6, 6.07) is 8.96. The Labute approximate surface area is 113 Å². The lowest BCUT2D eigenvalue weighted by Gasteiger charge is -2.28. The summed E-state index contributed by atoms with van der Waals surface area (Å²) in [5.74, 6) is -0.128. The number of hydrogen-bond donors (Lipinski definition) is 3. The number of hydrogen-bond acceptors (Lipinski definition) is 4. The van der Waals surface area contributed by atoms with Crippen LogP contribution in [0.2, 0.25) is 0 Å². The van der Waals surface area contributed by atoms with Gasteiger partial charge in [0.15, 0.2) is 0 Å². The number of nitrogens with two attached hydrogens (primary N) is 1. The molecule has 1 heterocycles. The van der Waals surface area contributed by atoms with Gasteiger partial charge in [-0.15, -0.1) is 0 Å². The lowest BCUT2D eigenvalue weighted by molar-refractivity contribution is -0.134. The molecule has 4 N–H and O–H groups in total. The minimum Gasteiger partial charge on any atom is -0.390 e. The predicted octanol–water partition coefficient (Wildman–Crippen LogP) is -0.652. The highest BCUT2D eigenvalue weighted by molar-refractivity contribution is 5.82. The molecule has 0 saturated carbocycles. The predicted molar refractivity (Wildman–Crippen MR) is 73.6 cm³/mol. The number of β-amino-alcohol motifs (C(OH)–C–C–N with tert-alkyl or cyclic N) is 1. The maximum atomic E-state index is 12.2. The molecule has 19 heavy (non-hydrogen) atoms. The number of rotatable bonds is 4.